The Morgan fingerprint density at radius 1 is 1.32 bits per heavy atom. The molecule has 2 heteroatoms. The van der Waals surface area contributed by atoms with E-state index < -0.39 is 0 Å². The Morgan fingerprint density at radius 3 is 2.58 bits per heavy atom. The monoisotopic (exact) mass is 269 g/mol. The van der Waals surface area contributed by atoms with E-state index in [0.29, 0.717) is 17.6 Å². The Hall–Kier alpha value is -0.0800. The predicted molar refractivity (Wildman–Crippen MR) is 83.5 cm³/mol. The molecular weight excluding hydrogens is 234 g/mol. The summed E-state index contributed by atoms with van der Waals surface area (Å²) in [4.78, 5) is 0. The summed E-state index contributed by atoms with van der Waals surface area (Å²) in [6.07, 6.45) is 8.20. The fourth-order valence-corrected chi connectivity index (χ4v) is 3.47. The number of rotatable bonds is 8. The van der Waals surface area contributed by atoms with E-state index in [0.717, 1.165) is 19.1 Å². The SMILES string of the molecule is CCNC(CCC1CCCO1)CC(C)CC(C)(C)C. The Kier molecular flexibility index (Phi) is 7.38. The molecule has 2 nitrogen and oxygen atoms in total. The highest BCUT2D eigenvalue weighted by atomic mass is 16.5. The van der Waals surface area contributed by atoms with Crippen molar-refractivity contribution in [1.82, 2.24) is 5.32 Å². The molecule has 0 aromatic heterocycles. The van der Waals surface area contributed by atoms with Gasteiger partial charge < -0.3 is 10.1 Å². The van der Waals surface area contributed by atoms with Crippen molar-refractivity contribution in [1.29, 1.82) is 0 Å². The van der Waals surface area contributed by atoms with Gasteiger partial charge in [0.1, 0.15) is 0 Å². The molecule has 19 heavy (non-hydrogen) atoms. The van der Waals surface area contributed by atoms with Crippen LogP contribution >= 0.6 is 0 Å². The van der Waals surface area contributed by atoms with Crippen LogP contribution in [0.3, 0.4) is 0 Å². The summed E-state index contributed by atoms with van der Waals surface area (Å²) in [5.41, 5.74) is 0.449. The summed E-state index contributed by atoms with van der Waals surface area (Å²) in [5.74, 6) is 0.800. The van der Waals surface area contributed by atoms with Crippen molar-refractivity contribution >= 4 is 0 Å². The van der Waals surface area contributed by atoms with E-state index in [2.05, 4.69) is 39.9 Å². The average Bonchev–Trinajstić information content (AvgIpc) is 2.76. The van der Waals surface area contributed by atoms with E-state index in [-0.39, 0.29) is 0 Å². The van der Waals surface area contributed by atoms with Gasteiger partial charge in [-0.3, -0.25) is 0 Å². The molecule has 3 unspecified atom stereocenters. The Bertz CT molecular complexity index is 228. The van der Waals surface area contributed by atoms with E-state index >= 15 is 0 Å². The summed E-state index contributed by atoms with van der Waals surface area (Å²) in [5, 5.41) is 3.67. The summed E-state index contributed by atoms with van der Waals surface area (Å²) < 4.78 is 5.74. The maximum absolute atomic E-state index is 5.74. The molecule has 0 bridgehead atoms. The van der Waals surface area contributed by atoms with Crippen molar-refractivity contribution in [3.8, 4) is 0 Å². The molecule has 0 amide bonds. The van der Waals surface area contributed by atoms with E-state index in [1.54, 1.807) is 0 Å². The van der Waals surface area contributed by atoms with Gasteiger partial charge in [0.2, 0.25) is 0 Å². The molecule has 0 saturated carbocycles. The lowest BCUT2D eigenvalue weighted by Crippen LogP contribution is -2.32. The second-order valence-electron chi connectivity index (χ2n) is 7.57. The molecule has 1 saturated heterocycles. The van der Waals surface area contributed by atoms with Crippen molar-refractivity contribution in [3.63, 3.8) is 0 Å². The molecule has 3 atom stereocenters. The minimum absolute atomic E-state index is 0.449. The Morgan fingerprint density at radius 2 is 2.05 bits per heavy atom. The van der Waals surface area contributed by atoms with Crippen molar-refractivity contribution in [2.45, 2.75) is 85.3 Å². The molecule has 0 aromatic carbocycles. The first-order chi connectivity index (χ1) is 8.90. The van der Waals surface area contributed by atoms with Gasteiger partial charge in [0, 0.05) is 12.6 Å². The molecule has 1 heterocycles. The number of nitrogens with one attached hydrogen (secondary N) is 1. The van der Waals surface area contributed by atoms with Crippen LogP contribution in [0, 0.1) is 11.3 Å². The van der Waals surface area contributed by atoms with Crippen LogP contribution in [-0.2, 0) is 4.74 Å². The van der Waals surface area contributed by atoms with E-state index in [9.17, 15) is 0 Å². The highest BCUT2D eigenvalue weighted by Gasteiger charge is 2.21. The standard InChI is InChI=1S/C17H35NO/c1-6-18-15(9-10-16-8-7-11-19-16)12-14(2)13-17(3,4)5/h14-16,18H,6-13H2,1-5H3. The predicted octanol–water partition coefficient (Wildman–Crippen LogP) is 4.39. The minimum Gasteiger partial charge on any atom is -0.378 e. The zero-order valence-corrected chi connectivity index (χ0v) is 13.8. The van der Waals surface area contributed by atoms with E-state index in [1.165, 1.54) is 38.5 Å². The smallest absolute Gasteiger partial charge is 0.0576 e. The molecule has 1 N–H and O–H groups in total. The highest BCUT2D eigenvalue weighted by molar-refractivity contribution is 4.76. The van der Waals surface area contributed by atoms with Crippen LogP contribution in [0.4, 0.5) is 0 Å². The molecule has 0 radical (unpaired) electrons. The quantitative estimate of drug-likeness (QED) is 0.706. The van der Waals surface area contributed by atoms with Gasteiger partial charge in [0.25, 0.3) is 0 Å². The van der Waals surface area contributed by atoms with Gasteiger partial charge >= 0.3 is 0 Å². The van der Waals surface area contributed by atoms with Gasteiger partial charge in [-0.15, -0.1) is 0 Å². The second kappa shape index (κ2) is 8.26. The molecule has 0 spiro atoms. The minimum atomic E-state index is 0.449. The zero-order valence-electron chi connectivity index (χ0n) is 13.8. The first kappa shape index (κ1) is 17.0. The molecule has 1 rings (SSSR count). The maximum atomic E-state index is 5.74. The molecule has 0 aromatic rings. The van der Waals surface area contributed by atoms with Gasteiger partial charge in [-0.2, -0.15) is 0 Å². The Balaban J connectivity index is 2.29. The number of ether oxygens (including phenoxy) is 1. The fraction of sp³-hybridized carbons (Fsp3) is 1.00. The average molecular weight is 269 g/mol. The van der Waals surface area contributed by atoms with E-state index in [1.807, 2.05) is 0 Å². The molecule has 1 fully saturated rings. The van der Waals surface area contributed by atoms with Crippen LogP contribution in [0.1, 0.15) is 73.1 Å². The molecule has 1 aliphatic heterocycles. The number of hydrogen-bond donors (Lipinski definition) is 1. The van der Waals surface area contributed by atoms with Gasteiger partial charge in [-0.25, -0.2) is 0 Å². The van der Waals surface area contributed by atoms with Crippen LogP contribution in [0.5, 0.6) is 0 Å². The van der Waals surface area contributed by atoms with Gasteiger partial charge in [0.15, 0.2) is 0 Å². The summed E-state index contributed by atoms with van der Waals surface area (Å²) in [6.45, 7) is 13.7. The van der Waals surface area contributed by atoms with Crippen LogP contribution in [-0.4, -0.2) is 25.3 Å². The summed E-state index contributed by atoms with van der Waals surface area (Å²) in [7, 11) is 0. The molecule has 114 valence electrons. The molecule has 1 aliphatic rings. The lowest BCUT2D eigenvalue weighted by atomic mass is 9.82. The lowest BCUT2D eigenvalue weighted by molar-refractivity contribution is 0.0983. The van der Waals surface area contributed by atoms with Crippen LogP contribution in [0.15, 0.2) is 0 Å². The Labute approximate surface area is 120 Å². The normalized spacial score (nSPS) is 23.5. The topological polar surface area (TPSA) is 21.3 Å². The van der Waals surface area contributed by atoms with Crippen LogP contribution in [0.2, 0.25) is 0 Å². The van der Waals surface area contributed by atoms with Crippen LogP contribution in [0.25, 0.3) is 0 Å². The third-order valence-corrected chi connectivity index (χ3v) is 4.00. The fourth-order valence-electron chi connectivity index (χ4n) is 3.47. The van der Waals surface area contributed by atoms with Gasteiger partial charge in [-0.1, -0.05) is 34.6 Å². The first-order valence-corrected chi connectivity index (χ1v) is 8.25. The second-order valence-corrected chi connectivity index (χ2v) is 7.57. The third kappa shape index (κ3) is 7.94. The number of hydrogen-bond acceptors (Lipinski definition) is 2. The summed E-state index contributed by atoms with van der Waals surface area (Å²) >= 11 is 0. The van der Waals surface area contributed by atoms with E-state index in [4.69, 9.17) is 4.74 Å². The van der Waals surface area contributed by atoms with Crippen molar-refractivity contribution in [2.75, 3.05) is 13.2 Å². The molecule has 0 aliphatic carbocycles. The van der Waals surface area contributed by atoms with Gasteiger partial charge in [-0.05, 0) is 56.4 Å². The lowest BCUT2D eigenvalue weighted by Gasteiger charge is -2.27. The van der Waals surface area contributed by atoms with Gasteiger partial charge in [0.05, 0.1) is 6.10 Å². The highest BCUT2D eigenvalue weighted by Crippen LogP contribution is 2.28. The molecular formula is C17H35NO. The third-order valence-electron chi connectivity index (χ3n) is 4.00. The first-order valence-electron chi connectivity index (χ1n) is 8.25. The van der Waals surface area contributed by atoms with Crippen molar-refractivity contribution in [3.05, 3.63) is 0 Å². The van der Waals surface area contributed by atoms with Crippen molar-refractivity contribution < 1.29 is 4.74 Å². The zero-order chi connectivity index (χ0) is 14.3. The summed E-state index contributed by atoms with van der Waals surface area (Å²) in [6, 6.07) is 0.673. The largest absolute Gasteiger partial charge is 0.378 e. The van der Waals surface area contributed by atoms with Crippen LogP contribution < -0.4 is 5.32 Å². The van der Waals surface area contributed by atoms with Crippen molar-refractivity contribution in [2.24, 2.45) is 11.3 Å². The maximum Gasteiger partial charge on any atom is 0.0576 e.